The minimum Gasteiger partial charge on any atom is -0.414 e. The van der Waals surface area contributed by atoms with Gasteiger partial charge >= 0.3 is 20.4 Å². The van der Waals surface area contributed by atoms with Crippen LogP contribution in [0.15, 0.2) is 85.2 Å². The molecule has 6 nitrogen and oxygen atoms in total. The van der Waals surface area contributed by atoms with Crippen LogP contribution in [0.2, 0.25) is 13.1 Å². The molecule has 0 aliphatic carbocycles. The van der Waals surface area contributed by atoms with Crippen molar-refractivity contribution in [1.29, 1.82) is 0 Å². The van der Waals surface area contributed by atoms with Crippen molar-refractivity contribution >= 4 is 40.8 Å². The number of hydrogen-bond acceptors (Lipinski definition) is 4. The summed E-state index contributed by atoms with van der Waals surface area (Å²) < 4.78 is 3.83. The third-order valence-electron chi connectivity index (χ3n) is 5.96. The van der Waals surface area contributed by atoms with Crippen molar-refractivity contribution in [3.8, 4) is 11.6 Å². The van der Waals surface area contributed by atoms with Crippen LogP contribution in [-0.4, -0.2) is 37.1 Å². The van der Waals surface area contributed by atoms with Crippen LogP contribution in [0.3, 0.4) is 0 Å². The van der Waals surface area contributed by atoms with Crippen molar-refractivity contribution < 1.29 is 20.4 Å². The summed E-state index contributed by atoms with van der Waals surface area (Å²) in [5.41, 5.74) is 1.70. The minimum atomic E-state index is -2.20. The van der Waals surface area contributed by atoms with E-state index in [-0.39, 0.29) is 20.4 Å². The Kier molecular flexibility index (Phi) is 5.74. The van der Waals surface area contributed by atoms with Crippen molar-refractivity contribution in [1.82, 2.24) is 29.1 Å². The molecule has 6 aromatic heterocycles. The summed E-state index contributed by atoms with van der Waals surface area (Å²) in [6, 6.07) is 24.1. The van der Waals surface area contributed by atoms with Gasteiger partial charge < -0.3 is 9.13 Å². The Hall–Kier alpha value is -3.44. The Bertz CT molecular complexity index is 1500. The first kappa shape index (κ1) is 22.4. The average Bonchev–Trinajstić information content (AvgIpc) is 3.49. The third-order valence-corrected chi connectivity index (χ3v) is 9.08. The molecule has 0 N–H and O–H groups in total. The van der Waals surface area contributed by atoms with Gasteiger partial charge in [-0.3, -0.25) is 19.9 Å². The van der Waals surface area contributed by atoms with E-state index in [2.05, 4.69) is 59.7 Å². The predicted octanol–water partition coefficient (Wildman–Crippen LogP) is 3.57. The van der Waals surface area contributed by atoms with Crippen LogP contribution < -0.4 is 10.6 Å². The molecular weight excluding hydrogens is 531 g/mol. The normalized spacial score (nSPS) is 11.6. The fraction of sp³-hybridized carbons (Fsp3) is 0.0769. The molecule has 0 saturated heterocycles. The molecule has 0 aromatic carbocycles. The molecule has 0 fully saturated rings. The molecule has 0 aliphatic rings. The molecule has 0 amide bonds. The summed E-state index contributed by atoms with van der Waals surface area (Å²) in [5.74, 6) is 1.62. The Morgan fingerprint density at radius 1 is 0.647 bits per heavy atom. The van der Waals surface area contributed by atoms with Gasteiger partial charge in [0.05, 0.1) is 11.6 Å². The molecule has 6 aromatic rings. The zero-order valence-electron chi connectivity index (χ0n) is 18.6. The molecule has 0 spiro atoms. The van der Waals surface area contributed by atoms with Gasteiger partial charge in [0.2, 0.25) is 0 Å². The SMILES string of the molecule is C[Si](C)(c1cccc(-n2[c-]cc3cccnc32)n1)c1cccc(-n2[c-]cc3cccnc32)n1.[Pd+2]. The first-order valence-electron chi connectivity index (χ1n) is 10.8. The van der Waals surface area contributed by atoms with Gasteiger partial charge in [0.25, 0.3) is 0 Å². The fourth-order valence-electron chi connectivity index (χ4n) is 4.08. The maximum absolute atomic E-state index is 5.04. The van der Waals surface area contributed by atoms with Crippen molar-refractivity contribution in [2.24, 2.45) is 0 Å². The van der Waals surface area contributed by atoms with Crippen LogP contribution in [0.1, 0.15) is 0 Å². The molecule has 0 aliphatic heterocycles. The number of nitrogens with zero attached hydrogens (tertiary/aromatic N) is 6. The van der Waals surface area contributed by atoms with E-state index in [0.29, 0.717) is 0 Å². The second-order valence-electron chi connectivity index (χ2n) is 8.44. The van der Waals surface area contributed by atoms with E-state index in [0.717, 1.165) is 44.3 Å². The third kappa shape index (κ3) is 3.70. The summed E-state index contributed by atoms with van der Waals surface area (Å²) in [7, 11) is -2.20. The first-order valence-corrected chi connectivity index (χ1v) is 13.8. The molecule has 8 heteroatoms. The van der Waals surface area contributed by atoms with E-state index in [1.807, 2.05) is 57.7 Å². The summed E-state index contributed by atoms with van der Waals surface area (Å²) in [6.07, 6.45) is 10.1. The number of aromatic nitrogens is 6. The summed E-state index contributed by atoms with van der Waals surface area (Å²) in [4.78, 5) is 19.1. The van der Waals surface area contributed by atoms with Crippen LogP contribution in [0.25, 0.3) is 33.7 Å². The molecule has 0 atom stereocenters. The van der Waals surface area contributed by atoms with Gasteiger partial charge in [0, 0.05) is 34.3 Å². The molecule has 6 rings (SSSR count). The van der Waals surface area contributed by atoms with Crippen LogP contribution in [0.4, 0.5) is 0 Å². The summed E-state index contributed by atoms with van der Waals surface area (Å²) in [6.45, 7) is 4.55. The van der Waals surface area contributed by atoms with Crippen LogP contribution in [0, 0.1) is 12.4 Å². The molecule has 0 radical (unpaired) electrons. The maximum atomic E-state index is 5.04. The molecule has 0 bridgehead atoms. The van der Waals surface area contributed by atoms with Crippen LogP contribution in [0.5, 0.6) is 0 Å². The number of hydrogen-bond donors (Lipinski definition) is 0. The number of fused-ring (bicyclic) bond motifs is 2. The zero-order chi connectivity index (χ0) is 22.4. The van der Waals surface area contributed by atoms with Crippen molar-refractivity contribution in [3.05, 3.63) is 97.6 Å². The van der Waals surface area contributed by atoms with Crippen LogP contribution >= 0.6 is 0 Å². The fourth-order valence-corrected chi connectivity index (χ4v) is 6.16. The molecule has 34 heavy (non-hydrogen) atoms. The van der Waals surface area contributed by atoms with Gasteiger partial charge in [-0.2, -0.15) is 0 Å². The quantitative estimate of drug-likeness (QED) is 0.249. The summed E-state index contributed by atoms with van der Waals surface area (Å²) >= 11 is 0. The first-order chi connectivity index (χ1) is 16.1. The van der Waals surface area contributed by atoms with E-state index in [4.69, 9.17) is 9.97 Å². The smallest absolute Gasteiger partial charge is 0.414 e. The summed E-state index contributed by atoms with van der Waals surface area (Å²) in [5, 5.41) is 4.18. The van der Waals surface area contributed by atoms with Gasteiger partial charge in [0.1, 0.15) is 0 Å². The average molecular weight is 551 g/mol. The molecule has 0 unspecified atom stereocenters. The zero-order valence-corrected chi connectivity index (χ0v) is 21.1. The predicted molar refractivity (Wildman–Crippen MR) is 132 cm³/mol. The molecule has 6 heterocycles. The van der Waals surface area contributed by atoms with Crippen molar-refractivity contribution in [3.63, 3.8) is 0 Å². The van der Waals surface area contributed by atoms with E-state index in [1.54, 1.807) is 12.4 Å². The van der Waals surface area contributed by atoms with E-state index in [9.17, 15) is 0 Å². The Balaban J connectivity index is 0.00000241. The second-order valence-corrected chi connectivity index (χ2v) is 12.7. The van der Waals surface area contributed by atoms with Crippen molar-refractivity contribution in [2.75, 3.05) is 0 Å². The van der Waals surface area contributed by atoms with Crippen LogP contribution in [-0.2, 0) is 20.4 Å². The van der Waals surface area contributed by atoms with Gasteiger partial charge in [-0.05, 0) is 12.1 Å². The molecular formula is C26H20N6PdSi. The largest absolute Gasteiger partial charge is 2.00 e. The van der Waals surface area contributed by atoms with E-state index < -0.39 is 8.07 Å². The van der Waals surface area contributed by atoms with Crippen molar-refractivity contribution in [2.45, 2.75) is 13.1 Å². The van der Waals surface area contributed by atoms with E-state index >= 15 is 0 Å². The number of pyridine rings is 4. The minimum absolute atomic E-state index is 0. The Labute approximate surface area is 212 Å². The Morgan fingerprint density at radius 2 is 1.12 bits per heavy atom. The topological polar surface area (TPSA) is 61.4 Å². The second kappa shape index (κ2) is 8.73. The van der Waals surface area contributed by atoms with E-state index in [1.165, 1.54) is 0 Å². The Morgan fingerprint density at radius 3 is 1.59 bits per heavy atom. The van der Waals surface area contributed by atoms with Gasteiger partial charge in [-0.15, -0.1) is 24.3 Å². The molecule has 0 saturated carbocycles. The number of rotatable bonds is 4. The van der Waals surface area contributed by atoms with Gasteiger partial charge in [-0.1, -0.05) is 72.7 Å². The maximum Gasteiger partial charge on any atom is 2.00 e. The van der Waals surface area contributed by atoms with Gasteiger partial charge in [0.15, 0.2) is 8.07 Å². The monoisotopic (exact) mass is 550 g/mol. The molecule has 168 valence electrons. The van der Waals surface area contributed by atoms with Gasteiger partial charge in [-0.25, -0.2) is 0 Å². The standard InChI is InChI=1S/C26H20N6Si.Pd/c1-33(2,23-11-3-9-21(29-23)31-17-13-19-7-5-15-27-25(19)31)24-12-4-10-22(30-24)32-18-14-20-8-6-16-28-26(20)32;/h3-16H,1-2H3;/q-2;+2.